The van der Waals surface area contributed by atoms with Gasteiger partial charge in [-0.15, -0.1) is 0 Å². The molecule has 0 aromatic heterocycles. The second kappa shape index (κ2) is 2.86. The summed E-state index contributed by atoms with van der Waals surface area (Å²) in [5, 5.41) is 0. The van der Waals surface area contributed by atoms with Gasteiger partial charge >= 0.3 is 0 Å². The molecule has 58 valence electrons. The summed E-state index contributed by atoms with van der Waals surface area (Å²) in [5.74, 6) is 0. The Hall–Kier alpha value is -0.120. The van der Waals surface area contributed by atoms with Crippen molar-refractivity contribution in [1.82, 2.24) is 0 Å². The van der Waals surface area contributed by atoms with Crippen LogP contribution in [0.25, 0.3) is 0 Å². The van der Waals surface area contributed by atoms with Gasteiger partial charge in [0, 0.05) is 13.0 Å². The highest BCUT2D eigenvalue weighted by Gasteiger charge is 2.25. The molecule has 0 N–H and O–H groups in total. The van der Waals surface area contributed by atoms with Gasteiger partial charge < -0.3 is 14.2 Å². The van der Waals surface area contributed by atoms with Crippen LogP contribution in [0.1, 0.15) is 12.8 Å². The molecule has 2 fully saturated rings. The first-order valence-electron chi connectivity index (χ1n) is 3.80. The van der Waals surface area contributed by atoms with Gasteiger partial charge in [0.15, 0.2) is 6.29 Å². The predicted octanol–water partition coefficient (Wildman–Crippen LogP) is 0.538. The molecule has 0 spiro atoms. The first-order valence-corrected chi connectivity index (χ1v) is 3.80. The summed E-state index contributed by atoms with van der Waals surface area (Å²) < 4.78 is 15.6. The summed E-state index contributed by atoms with van der Waals surface area (Å²) in [5.41, 5.74) is 0. The number of hydrogen-bond donors (Lipinski definition) is 0. The van der Waals surface area contributed by atoms with E-state index in [-0.39, 0.29) is 6.29 Å². The Morgan fingerprint density at radius 2 is 2.30 bits per heavy atom. The van der Waals surface area contributed by atoms with E-state index >= 15 is 0 Å². The summed E-state index contributed by atoms with van der Waals surface area (Å²) in [6.07, 6.45) is 2.61. The predicted molar refractivity (Wildman–Crippen MR) is 34.7 cm³/mol. The first-order chi connectivity index (χ1) is 4.95. The standard InChI is InChI=1S/C7H12O3/c1-2-7(8-3-1)10-5-6-4-9-6/h6-7H,1-5H2. The molecule has 0 saturated carbocycles. The third-order valence-electron chi connectivity index (χ3n) is 1.76. The minimum atomic E-state index is 0.0594. The Labute approximate surface area is 60.3 Å². The third-order valence-corrected chi connectivity index (χ3v) is 1.76. The molecule has 2 aliphatic rings. The molecule has 2 rings (SSSR count). The average molecular weight is 144 g/mol. The maximum Gasteiger partial charge on any atom is 0.157 e. The molecule has 3 nitrogen and oxygen atoms in total. The van der Waals surface area contributed by atoms with Crippen LogP contribution in [0.3, 0.4) is 0 Å². The van der Waals surface area contributed by atoms with E-state index in [0.29, 0.717) is 12.7 Å². The molecule has 2 atom stereocenters. The molecule has 10 heavy (non-hydrogen) atoms. The van der Waals surface area contributed by atoms with Gasteiger partial charge in [0.1, 0.15) is 6.10 Å². The van der Waals surface area contributed by atoms with Crippen LogP contribution in [0.15, 0.2) is 0 Å². The Morgan fingerprint density at radius 1 is 1.40 bits per heavy atom. The lowest BCUT2D eigenvalue weighted by molar-refractivity contribution is -0.113. The van der Waals surface area contributed by atoms with E-state index in [4.69, 9.17) is 14.2 Å². The van der Waals surface area contributed by atoms with Gasteiger partial charge in [0.05, 0.1) is 13.2 Å². The number of ether oxygens (including phenoxy) is 3. The molecule has 0 radical (unpaired) electrons. The molecule has 0 aliphatic carbocycles. The minimum absolute atomic E-state index is 0.0594. The number of hydrogen-bond acceptors (Lipinski definition) is 3. The molecule has 3 heteroatoms. The van der Waals surface area contributed by atoms with Gasteiger partial charge in [0.25, 0.3) is 0 Å². The van der Waals surface area contributed by atoms with Crippen molar-refractivity contribution >= 4 is 0 Å². The summed E-state index contributed by atoms with van der Waals surface area (Å²) in [6.45, 7) is 2.44. The van der Waals surface area contributed by atoms with Crippen molar-refractivity contribution in [3.05, 3.63) is 0 Å². The lowest BCUT2D eigenvalue weighted by atomic mass is 10.4. The van der Waals surface area contributed by atoms with Crippen LogP contribution in [0, 0.1) is 0 Å². The first kappa shape index (κ1) is 6.58. The van der Waals surface area contributed by atoms with E-state index in [0.717, 1.165) is 26.1 Å². The Morgan fingerprint density at radius 3 is 2.90 bits per heavy atom. The maximum absolute atomic E-state index is 5.38. The maximum atomic E-state index is 5.38. The quantitative estimate of drug-likeness (QED) is 0.541. The van der Waals surface area contributed by atoms with Crippen LogP contribution in [0.5, 0.6) is 0 Å². The van der Waals surface area contributed by atoms with E-state index < -0.39 is 0 Å². The van der Waals surface area contributed by atoms with Crippen molar-refractivity contribution in [3.63, 3.8) is 0 Å². The second-order valence-corrected chi connectivity index (χ2v) is 2.73. The SMILES string of the molecule is C1COC(OCC2CO2)C1. The highest BCUT2D eigenvalue weighted by molar-refractivity contribution is 4.68. The van der Waals surface area contributed by atoms with Crippen molar-refractivity contribution in [2.75, 3.05) is 19.8 Å². The van der Waals surface area contributed by atoms with Crippen LogP contribution < -0.4 is 0 Å². The van der Waals surface area contributed by atoms with Gasteiger partial charge in [-0.25, -0.2) is 0 Å². The topological polar surface area (TPSA) is 31.0 Å². The van der Waals surface area contributed by atoms with Crippen LogP contribution in [0.4, 0.5) is 0 Å². The highest BCUT2D eigenvalue weighted by Crippen LogP contribution is 2.16. The lowest BCUT2D eigenvalue weighted by Crippen LogP contribution is -2.14. The minimum Gasteiger partial charge on any atom is -0.371 e. The van der Waals surface area contributed by atoms with E-state index in [9.17, 15) is 0 Å². The van der Waals surface area contributed by atoms with Gasteiger partial charge in [-0.3, -0.25) is 0 Å². The van der Waals surface area contributed by atoms with Gasteiger partial charge in [0.2, 0.25) is 0 Å². The average Bonchev–Trinajstić information content (AvgIpc) is 2.63. The molecule has 2 saturated heterocycles. The zero-order chi connectivity index (χ0) is 6.81. The van der Waals surface area contributed by atoms with Gasteiger partial charge in [-0.2, -0.15) is 0 Å². The van der Waals surface area contributed by atoms with Crippen molar-refractivity contribution in [2.45, 2.75) is 25.2 Å². The molecule has 0 bridgehead atoms. The second-order valence-electron chi connectivity index (χ2n) is 2.73. The molecule has 2 heterocycles. The van der Waals surface area contributed by atoms with E-state index in [1.165, 1.54) is 0 Å². The third kappa shape index (κ3) is 1.68. The molecular weight excluding hydrogens is 132 g/mol. The molecule has 0 amide bonds. The normalized spacial score (nSPS) is 38.4. The van der Waals surface area contributed by atoms with Gasteiger partial charge in [-0.05, 0) is 6.42 Å². The Bertz CT molecular complexity index is 105. The summed E-state index contributed by atoms with van der Waals surface area (Å²) in [6, 6.07) is 0. The summed E-state index contributed by atoms with van der Waals surface area (Å²) >= 11 is 0. The van der Waals surface area contributed by atoms with Gasteiger partial charge in [-0.1, -0.05) is 0 Å². The summed E-state index contributed by atoms with van der Waals surface area (Å²) in [4.78, 5) is 0. The van der Waals surface area contributed by atoms with Crippen molar-refractivity contribution in [1.29, 1.82) is 0 Å². The monoisotopic (exact) mass is 144 g/mol. The molecule has 0 aromatic rings. The molecule has 2 unspecified atom stereocenters. The van der Waals surface area contributed by atoms with Crippen molar-refractivity contribution in [2.24, 2.45) is 0 Å². The van der Waals surface area contributed by atoms with Crippen LogP contribution in [-0.2, 0) is 14.2 Å². The van der Waals surface area contributed by atoms with E-state index in [1.807, 2.05) is 0 Å². The molecular formula is C7H12O3. The number of epoxide rings is 1. The zero-order valence-electron chi connectivity index (χ0n) is 5.91. The Kier molecular flexibility index (Phi) is 1.88. The van der Waals surface area contributed by atoms with Crippen LogP contribution >= 0.6 is 0 Å². The zero-order valence-corrected chi connectivity index (χ0v) is 5.91. The van der Waals surface area contributed by atoms with E-state index in [1.54, 1.807) is 0 Å². The lowest BCUT2D eigenvalue weighted by Gasteiger charge is -2.08. The fourth-order valence-electron chi connectivity index (χ4n) is 1.06. The van der Waals surface area contributed by atoms with Crippen molar-refractivity contribution < 1.29 is 14.2 Å². The van der Waals surface area contributed by atoms with E-state index in [2.05, 4.69) is 0 Å². The summed E-state index contributed by atoms with van der Waals surface area (Å²) in [7, 11) is 0. The largest absolute Gasteiger partial charge is 0.371 e. The van der Waals surface area contributed by atoms with Crippen LogP contribution in [0.2, 0.25) is 0 Å². The van der Waals surface area contributed by atoms with Crippen molar-refractivity contribution in [3.8, 4) is 0 Å². The fraction of sp³-hybridized carbons (Fsp3) is 1.00. The highest BCUT2D eigenvalue weighted by atomic mass is 16.7. The fourth-order valence-corrected chi connectivity index (χ4v) is 1.06. The Balaban J connectivity index is 1.59. The molecule has 2 aliphatic heterocycles. The smallest absolute Gasteiger partial charge is 0.157 e. The number of rotatable bonds is 3. The molecule has 0 aromatic carbocycles. The van der Waals surface area contributed by atoms with Crippen LogP contribution in [-0.4, -0.2) is 32.2 Å².